The van der Waals surface area contributed by atoms with E-state index in [9.17, 15) is 4.79 Å². The number of nitrogens with zero attached hydrogens (tertiary/aromatic N) is 3. The van der Waals surface area contributed by atoms with Gasteiger partial charge in [-0.2, -0.15) is 4.98 Å². The van der Waals surface area contributed by atoms with Crippen LogP contribution in [0.1, 0.15) is 5.89 Å². The van der Waals surface area contributed by atoms with Crippen LogP contribution in [0.5, 0.6) is 0 Å². The molecule has 7 nitrogen and oxygen atoms in total. The molecule has 0 bridgehead atoms. The minimum absolute atomic E-state index is 0.0969. The van der Waals surface area contributed by atoms with E-state index < -0.39 is 5.91 Å². The van der Waals surface area contributed by atoms with Gasteiger partial charge in [0, 0.05) is 14.1 Å². The number of aromatic nitrogens is 2. The Morgan fingerprint density at radius 1 is 1.64 bits per heavy atom. The Bertz CT molecular complexity index is 309. The number of anilines is 1. The fraction of sp³-hybridized carbons (Fsp3) is 0.571. The first kappa shape index (κ1) is 10.5. The number of carbonyl (C=O) groups is 1. The van der Waals surface area contributed by atoms with Crippen molar-refractivity contribution < 1.29 is 9.32 Å². The maximum absolute atomic E-state index is 10.4. The fourth-order valence-electron chi connectivity index (χ4n) is 0.792. The monoisotopic (exact) mass is 199 g/mol. The first-order chi connectivity index (χ1) is 6.59. The summed E-state index contributed by atoms with van der Waals surface area (Å²) in [4.78, 5) is 16.2. The van der Waals surface area contributed by atoms with Crippen molar-refractivity contribution in [1.82, 2.24) is 15.5 Å². The van der Waals surface area contributed by atoms with Gasteiger partial charge in [-0.3, -0.25) is 10.1 Å². The average Bonchev–Trinajstić information content (AvgIpc) is 2.52. The Labute approximate surface area is 81.3 Å². The smallest absolute Gasteiger partial charge is 0.265 e. The van der Waals surface area contributed by atoms with Gasteiger partial charge < -0.3 is 15.2 Å². The Kier molecular flexibility index (Phi) is 3.41. The van der Waals surface area contributed by atoms with Crippen LogP contribution in [0.15, 0.2) is 4.52 Å². The van der Waals surface area contributed by atoms with Crippen molar-refractivity contribution in [1.29, 1.82) is 0 Å². The SMILES string of the molecule is CN(C)c1noc(CNCC(N)=O)n1. The van der Waals surface area contributed by atoms with Crippen LogP contribution in [0.2, 0.25) is 0 Å². The molecule has 14 heavy (non-hydrogen) atoms. The predicted molar refractivity (Wildman–Crippen MR) is 49.5 cm³/mol. The molecular weight excluding hydrogens is 186 g/mol. The highest BCUT2D eigenvalue weighted by atomic mass is 16.5. The first-order valence-electron chi connectivity index (χ1n) is 4.08. The van der Waals surface area contributed by atoms with Crippen molar-refractivity contribution >= 4 is 11.9 Å². The molecule has 3 N–H and O–H groups in total. The Morgan fingerprint density at radius 2 is 2.36 bits per heavy atom. The molecule has 1 amide bonds. The van der Waals surface area contributed by atoms with Gasteiger partial charge in [0.1, 0.15) is 0 Å². The van der Waals surface area contributed by atoms with Crippen molar-refractivity contribution in [2.75, 3.05) is 25.5 Å². The molecule has 0 saturated carbocycles. The van der Waals surface area contributed by atoms with Crippen LogP contribution in [-0.4, -0.2) is 36.7 Å². The number of rotatable bonds is 5. The van der Waals surface area contributed by atoms with Crippen LogP contribution in [0.3, 0.4) is 0 Å². The van der Waals surface area contributed by atoms with E-state index in [2.05, 4.69) is 15.5 Å². The normalized spacial score (nSPS) is 10.1. The van der Waals surface area contributed by atoms with E-state index in [-0.39, 0.29) is 6.54 Å². The fourth-order valence-corrected chi connectivity index (χ4v) is 0.792. The lowest BCUT2D eigenvalue weighted by Crippen LogP contribution is -2.28. The lowest BCUT2D eigenvalue weighted by Gasteiger charge is -2.02. The van der Waals surface area contributed by atoms with E-state index in [1.807, 2.05) is 14.1 Å². The average molecular weight is 199 g/mol. The van der Waals surface area contributed by atoms with Crippen molar-refractivity contribution in [3.05, 3.63) is 5.89 Å². The molecule has 0 aliphatic carbocycles. The molecule has 0 aliphatic heterocycles. The highest BCUT2D eigenvalue weighted by Gasteiger charge is 2.06. The first-order valence-corrected chi connectivity index (χ1v) is 4.08. The number of primary amides is 1. The van der Waals surface area contributed by atoms with Crippen molar-refractivity contribution in [3.8, 4) is 0 Å². The lowest BCUT2D eigenvalue weighted by molar-refractivity contribution is -0.117. The second kappa shape index (κ2) is 4.56. The third-order valence-corrected chi connectivity index (χ3v) is 1.43. The summed E-state index contributed by atoms with van der Waals surface area (Å²) >= 11 is 0. The molecule has 0 unspecified atom stereocenters. The zero-order chi connectivity index (χ0) is 10.6. The molecule has 1 rings (SSSR count). The van der Waals surface area contributed by atoms with Gasteiger partial charge in [0.15, 0.2) is 0 Å². The highest BCUT2D eigenvalue weighted by molar-refractivity contribution is 5.75. The van der Waals surface area contributed by atoms with Crippen molar-refractivity contribution in [2.24, 2.45) is 5.73 Å². The van der Waals surface area contributed by atoms with E-state index in [4.69, 9.17) is 10.3 Å². The zero-order valence-corrected chi connectivity index (χ0v) is 8.15. The van der Waals surface area contributed by atoms with Crippen LogP contribution in [0, 0.1) is 0 Å². The summed E-state index contributed by atoms with van der Waals surface area (Å²) in [7, 11) is 3.62. The maximum Gasteiger partial charge on any atom is 0.265 e. The summed E-state index contributed by atoms with van der Waals surface area (Å²) in [5.74, 6) is 0.508. The molecule has 1 aromatic heterocycles. The summed E-state index contributed by atoms with van der Waals surface area (Å²) in [6, 6.07) is 0. The number of amides is 1. The minimum Gasteiger partial charge on any atom is -0.369 e. The van der Waals surface area contributed by atoms with Gasteiger partial charge in [0.25, 0.3) is 5.95 Å². The van der Waals surface area contributed by atoms with Crippen LogP contribution in [-0.2, 0) is 11.3 Å². The molecule has 0 radical (unpaired) electrons. The topological polar surface area (TPSA) is 97.3 Å². The van der Waals surface area contributed by atoms with Gasteiger partial charge in [-0.05, 0) is 5.16 Å². The number of nitrogens with two attached hydrogens (primary N) is 1. The van der Waals surface area contributed by atoms with Gasteiger partial charge in [-0.15, -0.1) is 0 Å². The van der Waals surface area contributed by atoms with E-state index >= 15 is 0 Å². The van der Waals surface area contributed by atoms with Crippen LogP contribution in [0.4, 0.5) is 5.95 Å². The summed E-state index contributed by atoms with van der Waals surface area (Å²) in [5.41, 5.74) is 4.93. The second-order valence-electron chi connectivity index (χ2n) is 2.95. The van der Waals surface area contributed by atoms with E-state index in [0.29, 0.717) is 18.4 Å². The summed E-state index contributed by atoms with van der Waals surface area (Å²) in [5, 5.41) is 6.46. The Balaban J connectivity index is 2.40. The standard InChI is InChI=1S/C7H13N5O2/c1-12(2)7-10-6(14-11-7)4-9-3-5(8)13/h9H,3-4H2,1-2H3,(H2,8,13). The van der Waals surface area contributed by atoms with Gasteiger partial charge in [-0.25, -0.2) is 0 Å². The summed E-state index contributed by atoms with van der Waals surface area (Å²) in [6.45, 7) is 0.434. The quantitative estimate of drug-likeness (QED) is 0.612. The van der Waals surface area contributed by atoms with Crippen molar-refractivity contribution in [3.63, 3.8) is 0 Å². The van der Waals surface area contributed by atoms with Gasteiger partial charge in [0.2, 0.25) is 11.8 Å². The van der Waals surface area contributed by atoms with Gasteiger partial charge in [0.05, 0.1) is 13.1 Å². The van der Waals surface area contributed by atoms with Crippen LogP contribution < -0.4 is 16.0 Å². The minimum atomic E-state index is -0.419. The zero-order valence-electron chi connectivity index (χ0n) is 8.15. The lowest BCUT2D eigenvalue weighted by atomic mass is 10.5. The number of hydrogen-bond acceptors (Lipinski definition) is 6. The molecule has 7 heteroatoms. The maximum atomic E-state index is 10.4. The number of nitrogens with one attached hydrogen (secondary N) is 1. The number of hydrogen-bond donors (Lipinski definition) is 2. The van der Waals surface area contributed by atoms with E-state index in [1.165, 1.54) is 0 Å². The van der Waals surface area contributed by atoms with Crippen molar-refractivity contribution in [2.45, 2.75) is 6.54 Å². The third kappa shape index (κ3) is 3.02. The second-order valence-corrected chi connectivity index (χ2v) is 2.95. The Morgan fingerprint density at radius 3 is 2.86 bits per heavy atom. The summed E-state index contributed by atoms with van der Waals surface area (Å²) in [6.07, 6.45) is 0. The molecule has 78 valence electrons. The van der Waals surface area contributed by atoms with E-state index in [0.717, 1.165) is 0 Å². The van der Waals surface area contributed by atoms with Crippen LogP contribution >= 0.6 is 0 Å². The molecule has 0 aliphatic rings. The van der Waals surface area contributed by atoms with Gasteiger partial charge in [-0.1, -0.05) is 0 Å². The molecule has 1 aromatic rings. The highest BCUT2D eigenvalue weighted by Crippen LogP contribution is 2.04. The molecule has 0 atom stereocenters. The van der Waals surface area contributed by atoms with Gasteiger partial charge >= 0.3 is 0 Å². The molecule has 0 saturated heterocycles. The number of carbonyl (C=O) groups excluding carboxylic acids is 1. The summed E-state index contributed by atoms with van der Waals surface area (Å²) < 4.78 is 4.89. The molecule has 0 fully saturated rings. The largest absolute Gasteiger partial charge is 0.369 e. The molecule has 0 aromatic carbocycles. The molecule has 0 spiro atoms. The molecule has 1 heterocycles. The Hall–Kier alpha value is -1.63. The predicted octanol–water partition coefficient (Wildman–Crippen LogP) is -1.29. The molecular formula is C7H13N5O2. The third-order valence-electron chi connectivity index (χ3n) is 1.43. The van der Waals surface area contributed by atoms with Crippen LogP contribution in [0.25, 0.3) is 0 Å². The van der Waals surface area contributed by atoms with E-state index in [1.54, 1.807) is 4.90 Å².